The molecule has 0 spiro atoms. The second-order valence-electron chi connectivity index (χ2n) is 4.88. The van der Waals surface area contributed by atoms with Crippen molar-refractivity contribution in [1.29, 1.82) is 0 Å². The van der Waals surface area contributed by atoms with Gasteiger partial charge in [0, 0.05) is 16.8 Å². The van der Waals surface area contributed by atoms with Gasteiger partial charge in [-0.25, -0.2) is 0 Å². The second kappa shape index (κ2) is 5.71. The number of hydrogen-bond acceptors (Lipinski definition) is 2. The summed E-state index contributed by atoms with van der Waals surface area (Å²) in [7, 11) is 1.70. The second-order valence-corrected chi connectivity index (χ2v) is 4.88. The first-order chi connectivity index (χ1) is 10.3. The van der Waals surface area contributed by atoms with E-state index in [9.17, 15) is 0 Å². The molecule has 0 aliphatic carbocycles. The Balaban J connectivity index is 2.25. The van der Waals surface area contributed by atoms with Crippen molar-refractivity contribution in [2.45, 2.75) is 0 Å². The van der Waals surface area contributed by atoms with Crippen molar-refractivity contribution in [3.05, 3.63) is 72.8 Å². The summed E-state index contributed by atoms with van der Waals surface area (Å²) in [4.78, 5) is 0. The van der Waals surface area contributed by atoms with E-state index in [0.717, 1.165) is 33.7 Å². The number of methoxy groups -OCH3 is 1. The third-order valence-corrected chi connectivity index (χ3v) is 3.48. The van der Waals surface area contributed by atoms with Crippen molar-refractivity contribution in [1.82, 2.24) is 0 Å². The summed E-state index contributed by atoms with van der Waals surface area (Å²) in [6.07, 6.45) is 0. The minimum absolute atomic E-state index is 0.730. The van der Waals surface area contributed by atoms with Crippen molar-refractivity contribution in [3.63, 3.8) is 0 Å². The highest BCUT2D eigenvalue weighted by atomic mass is 16.5. The molecule has 0 radical (unpaired) electrons. The molecule has 0 amide bonds. The van der Waals surface area contributed by atoms with E-state index < -0.39 is 0 Å². The summed E-state index contributed by atoms with van der Waals surface area (Å²) in [5.74, 6) is 0.849. The highest BCUT2D eigenvalue weighted by molar-refractivity contribution is 5.85. The molecule has 2 heteroatoms. The van der Waals surface area contributed by atoms with Crippen molar-refractivity contribution in [3.8, 4) is 28.0 Å². The quantitative estimate of drug-likeness (QED) is 0.708. The van der Waals surface area contributed by atoms with Gasteiger partial charge in [-0.1, -0.05) is 60.7 Å². The molecule has 2 N–H and O–H groups in total. The summed E-state index contributed by atoms with van der Waals surface area (Å²) in [6.45, 7) is 0. The van der Waals surface area contributed by atoms with Gasteiger partial charge in [-0.3, -0.25) is 0 Å². The third kappa shape index (κ3) is 2.61. The van der Waals surface area contributed by atoms with E-state index >= 15 is 0 Å². The van der Waals surface area contributed by atoms with E-state index in [1.807, 2.05) is 48.5 Å². The average Bonchev–Trinajstić information content (AvgIpc) is 2.55. The lowest BCUT2D eigenvalue weighted by Gasteiger charge is -2.15. The van der Waals surface area contributed by atoms with Gasteiger partial charge < -0.3 is 10.5 Å². The molecule has 0 saturated heterocycles. The zero-order chi connectivity index (χ0) is 14.7. The number of rotatable bonds is 3. The normalized spacial score (nSPS) is 10.3. The highest BCUT2D eigenvalue weighted by Crippen LogP contribution is 2.40. The van der Waals surface area contributed by atoms with E-state index in [4.69, 9.17) is 10.5 Å². The Kier molecular flexibility index (Phi) is 3.61. The standard InChI is InChI=1S/C19H17NO/c1-21-19-17(14-8-4-2-5-9-14)12-16(20)13-18(19)15-10-6-3-7-11-15/h2-13H,20H2,1H3. The highest BCUT2D eigenvalue weighted by Gasteiger charge is 2.13. The van der Waals surface area contributed by atoms with Crippen LogP contribution in [0.3, 0.4) is 0 Å². The molecular weight excluding hydrogens is 258 g/mol. The van der Waals surface area contributed by atoms with Crippen LogP contribution in [0.25, 0.3) is 22.3 Å². The van der Waals surface area contributed by atoms with Gasteiger partial charge in [-0.2, -0.15) is 0 Å². The molecule has 0 saturated carbocycles. The zero-order valence-electron chi connectivity index (χ0n) is 11.9. The van der Waals surface area contributed by atoms with Crippen molar-refractivity contribution >= 4 is 5.69 Å². The molecule has 0 heterocycles. The maximum atomic E-state index is 6.10. The van der Waals surface area contributed by atoms with Gasteiger partial charge in [-0.05, 0) is 23.3 Å². The Hall–Kier alpha value is -2.74. The van der Waals surface area contributed by atoms with Gasteiger partial charge >= 0.3 is 0 Å². The number of ether oxygens (including phenoxy) is 1. The largest absolute Gasteiger partial charge is 0.495 e. The lowest BCUT2D eigenvalue weighted by atomic mass is 9.96. The van der Waals surface area contributed by atoms with Crippen LogP contribution in [0.2, 0.25) is 0 Å². The number of nitrogens with two attached hydrogens (primary N) is 1. The molecule has 3 aromatic rings. The summed E-state index contributed by atoms with van der Waals surface area (Å²) < 4.78 is 5.68. The molecule has 0 aromatic heterocycles. The predicted molar refractivity (Wildman–Crippen MR) is 88.3 cm³/mol. The molecular formula is C19H17NO. The molecule has 0 bridgehead atoms. The first-order valence-electron chi connectivity index (χ1n) is 6.88. The zero-order valence-corrected chi connectivity index (χ0v) is 11.9. The number of hydrogen-bond donors (Lipinski definition) is 1. The topological polar surface area (TPSA) is 35.2 Å². The summed E-state index contributed by atoms with van der Waals surface area (Å²) in [6, 6.07) is 24.2. The van der Waals surface area contributed by atoms with Crippen LogP contribution in [0.1, 0.15) is 0 Å². The van der Waals surface area contributed by atoms with Gasteiger partial charge in [0.1, 0.15) is 5.75 Å². The van der Waals surface area contributed by atoms with Gasteiger partial charge in [0.2, 0.25) is 0 Å². The van der Waals surface area contributed by atoms with Crippen LogP contribution < -0.4 is 10.5 Å². The van der Waals surface area contributed by atoms with Crippen LogP contribution in [0, 0.1) is 0 Å². The SMILES string of the molecule is COc1c(-c2ccccc2)cc(N)cc1-c1ccccc1. The number of benzene rings is 3. The van der Waals surface area contributed by atoms with E-state index in [2.05, 4.69) is 24.3 Å². The minimum Gasteiger partial charge on any atom is -0.495 e. The predicted octanol–water partition coefficient (Wildman–Crippen LogP) is 4.61. The fraction of sp³-hybridized carbons (Fsp3) is 0.0526. The smallest absolute Gasteiger partial charge is 0.134 e. The maximum absolute atomic E-state index is 6.10. The van der Waals surface area contributed by atoms with Gasteiger partial charge in [-0.15, -0.1) is 0 Å². The third-order valence-electron chi connectivity index (χ3n) is 3.48. The molecule has 3 aromatic carbocycles. The van der Waals surface area contributed by atoms with E-state index in [1.165, 1.54) is 0 Å². The molecule has 2 nitrogen and oxygen atoms in total. The first-order valence-corrected chi connectivity index (χ1v) is 6.88. The average molecular weight is 275 g/mol. The van der Waals surface area contributed by atoms with Crippen LogP contribution in [-0.4, -0.2) is 7.11 Å². The Morgan fingerprint density at radius 2 is 1.14 bits per heavy atom. The molecule has 0 fully saturated rings. The molecule has 0 aliphatic rings. The van der Waals surface area contributed by atoms with Gasteiger partial charge in [0.25, 0.3) is 0 Å². The fourth-order valence-corrected chi connectivity index (χ4v) is 2.54. The van der Waals surface area contributed by atoms with Crippen LogP contribution in [-0.2, 0) is 0 Å². The van der Waals surface area contributed by atoms with Crippen LogP contribution in [0.15, 0.2) is 72.8 Å². The fourth-order valence-electron chi connectivity index (χ4n) is 2.54. The van der Waals surface area contributed by atoms with Gasteiger partial charge in [0.05, 0.1) is 7.11 Å². The Labute approximate surface area is 124 Å². The number of anilines is 1. The molecule has 0 atom stereocenters. The van der Waals surface area contributed by atoms with Gasteiger partial charge in [0.15, 0.2) is 0 Å². The minimum atomic E-state index is 0.730. The van der Waals surface area contributed by atoms with Crippen LogP contribution in [0.5, 0.6) is 5.75 Å². The van der Waals surface area contributed by atoms with Crippen molar-refractivity contribution in [2.75, 3.05) is 12.8 Å². The molecule has 104 valence electrons. The van der Waals surface area contributed by atoms with E-state index in [0.29, 0.717) is 0 Å². The Morgan fingerprint density at radius 3 is 1.52 bits per heavy atom. The Morgan fingerprint density at radius 1 is 0.714 bits per heavy atom. The maximum Gasteiger partial charge on any atom is 0.134 e. The summed E-state index contributed by atoms with van der Waals surface area (Å²) in [5.41, 5.74) is 11.0. The van der Waals surface area contributed by atoms with E-state index in [-0.39, 0.29) is 0 Å². The lowest BCUT2D eigenvalue weighted by molar-refractivity contribution is 0.418. The first kappa shape index (κ1) is 13.3. The van der Waals surface area contributed by atoms with Crippen molar-refractivity contribution in [2.24, 2.45) is 0 Å². The lowest BCUT2D eigenvalue weighted by Crippen LogP contribution is -1.95. The monoisotopic (exact) mass is 275 g/mol. The van der Waals surface area contributed by atoms with Crippen LogP contribution in [0.4, 0.5) is 5.69 Å². The molecule has 21 heavy (non-hydrogen) atoms. The van der Waals surface area contributed by atoms with Crippen LogP contribution >= 0.6 is 0 Å². The Bertz CT molecular complexity index is 676. The van der Waals surface area contributed by atoms with Crippen molar-refractivity contribution < 1.29 is 4.74 Å². The number of nitrogen functional groups attached to an aromatic ring is 1. The summed E-state index contributed by atoms with van der Waals surface area (Å²) in [5, 5.41) is 0. The molecule has 3 rings (SSSR count). The summed E-state index contributed by atoms with van der Waals surface area (Å²) >= 11 is 0. The molecule has 0 aliphatic heterocycles. The molecule has 0 unspecified atom stereocenters. The van der Waals surface area contributed by atoms with E-state index in [1.54, 1.807) is 7.11 Å².